The highest BCUT2D eigenvalue weighted by Gasteiger charge is 2.30. The number of carbonyl (C=O) groups is 1. The van der Waals surface area contributed by atoms with Crippen molar-refractivity contribution < 1.29 is 13.9 Å². The molecule has 0 saturated carbocycles. The minimum Gasteiger partial charge on any atom is -0.463 e. The van der Waals surface area contributed by atoms with Crippen LogP contribution in [-0.2, 0) is 4.79 Å². The molecule has 4 nitrogen and oxygen atoms in total. The molecular formula is C9H8BrFN2O2. The molecule has 0 saturated heterocycles. The molecule has 1 amide bonds. The number of amides is 1. The highest BCUT2D eigenvalue weighted by atomic mass is 79.9. The number of rotatable bonds is 0. The van der Waals surface area contributed by atoms with Crippen LogP contribution in [0.2, 0.25) is 0 Å². The highest BCUT2D eigenvalue weighted by molar-refractivity contribution is 9.10. The Morgan fingerprint density at radius 1 is 1.67 bits per heavy atom. The van der Waals surface area contributed by atoms with Crippen molar-refractivity contribution in [1.82, 2.24) is 4.98 Å². The van der Waals surface area contributed by atoms with E-state index in [1.807, 2.05) is 0 Å². The van der Waals surface area contributed by atoms with Gasteiger partial charge in [-0.15, -0.1) is 0 Å². The third kappa shape index (κ3) is 1.58. The van der Waals surface area contributed by atoms with Crippen LogP contribution >= 0.6 is 15.9 Å². The fraction of sp³-hybridized carbons (Fsp3) is 0.333. The van der Waals surface area contributed by atoms with Crippen LogP contribution in [0.25, 0.3) is 0 Å². The van der Waals surface area contributed by atoms with Crippen LogP contribution < -0.4 is 9.64 Å². The summed E-state index contributed by atoms with van der Waals surface area (Å²) in [6, 6.07) is 1.22. The van der Waals surface area contributed by atoms with E-state index in [2.05, 4.69) is 20.9 Å². The van der Waals surface area contributed by atoms with E-state index < -0.39 is 11.9 Å². The Hall–Kier alpha value is -1.17. The van der Waals surface area contributed by atoms with Gasteiger partial charge in [0.1, 0.15) is 10.3 Å². The zero-order valence-corrected chi connectivity index (χ0v) is 9.71. The zero-order valence-electron chi connectivity index (χ0n) is 8.12. The van der Waals surface area contributed by atoms with Crippen LogP contribution in [0.3, 0.4) is 0 Å². The fourth-order valence-corrected chi connectivity index (χ4v) is 1.65. The Morgan fingerprint density at radius 2 is 2.33 bits per heavy atom. The van der Waals surface area contributed by atoms with E-state index in [1.54, 1.807) is 14.0 Å². The maximum absolute atomic E-state index is 13.2. The molecule has 1 aliphatic rings. The molecule has 1 aliphatic heterocycles. The van der Waals surface area contributed by atoms with E-state index in [1.165, 1.54) is 11.0 Å². The molecule has 15 heavy (non-hydrogen) atoms. The van der Waals surface area contributed by atoms with Crippen molar-refractivity contribution in [1.29, 1.82) is 0 Å². The third-order valence-corrected chi connectivity index (χ3v) is 2.76. The molecule has 80 valence electrons. The second kappa shape index (κ2) is 3.44. The van der Waals surface area contributed by atoms with Gasteiger partial charge in [-0.05, 0) is 22.9 Å². The molecule has 1 atom stereocenters. The maximum atomic E-state index is 13.2. The van der Waals surface area contributed by atoms with E-state index in [4.69, 9.17) is 4.74 Å². The van der Waals surface area contributed by atoms with Crippen LogP contribution in [0, 0.1) is 5.82 Å². The summed E-state index contributed by atoms with van der Waals surface area (Å²) in [6.45, 7) is 1.63. The fourth-order valence-electron chi connectivity index (χ4n) is 1.38. The molecule has 0 aromatic carbocycles. The van der Waals surface area contributed by atoms with Gasteiger partial charge in [-0.2, -0.15) is 0 Å². The minimum atomic E-state index is -0.590. The Balaban J connectivity index is 2.56. The van der Waals surface area contributed by atoms with Crippen molar-refractivity contribution >= 4 is 27.5 Å². The Bertz CT molecular complexity index is 438. The first kappa shape index (κ1) is 10.4. The summed E-state index contributed by atoms with van der Waals surface area (Å²) < 4.78 is 18.5. The van der Waals surface area contributed by atoms with Crippen molar-refractivity contribution in [2.45, 2.75) is 13.0 Å². The molecule has 6 heteroatoms. The lowest BCUT2D eigenvalue weighted by Crippen LogP contribution is -2.42. The topological polar surface area (TPSA) is 42.4 Å². The van der Waals surface area contributed by atoms with Gasteiger partial charge < -0.3 is 9.64 Å². The number of likely N-dealkylation sites (N-methyl/N-ethyl adjacent to an activating group) is 1. The largest absolute Gasteiger partial charge is 0.463 e. The lowest BCUT2D eigenvalue weighted by atomic mass is 10.2. The molecule has 1 aromatic heterocycles. The molecule has 0 aliphatic carbocycles. The summed E-state index contributed by atoms with van der Waals surface area (Å²) in [7, 11) is 1.56. The average molecular weight is 275 g/mol. The molecule has 0 bridgehead atoms. The number of anilines is 1. The lowest BCUT2D eigenvalue weighted by Gasteiger charge is -2.29. The summed E-state index contributed by atoms with van der Waals surface area (Å²) >= 11 is 2.96. The van der Waals surface area contributed by atoms with Gasteiger partial charge in [-0.3, -0.25) is 4.79 Å². The first-order chi connectivity index (χ1) is 7.00. The first-order valence-electron chi connectivity index (χ1n) is 4.31. The molecule has 0 N–H and O–H groups in total. The van der Waals surface area contributed by atoms with Crippen molar-refractivity contribution in [3.8, 4) is 5.88 Å². The van der Waals surface area contributed by atoms with Crippen LogP contribution in [0.1, 0.15) is 6.92 Å². The number of halogens is 2. The van der Waals surface area contributed by atoms with Crippen LogP contribution in [0.15, 0.2) is 10.7 Å². The molecule has 1 aromatic rings. The molecule has 0 fully saturated rings. The predicted octanol–water partition coefficient (Wildman–Crippen LogP) is 1.73. The van der Waals surface area contributed by atoms with Gasteiger partial charge in [0.15, 0.2) is 11.9 Å². The number of nitrogens with zero attached hydrogens (tertiary/aromatic N) is 2. The molecule has 0 radical (unpaired) electrons. The van der Waals surface area contributed by atoms with E-state index in [0.717, 1.165) is 0 Å². The standard InChI is InChI=1S/C9H8BrFN2O2/c1-4-9(14)13(2)6-3-5(11)7(10)12-8(6)15-4/h3-4H,1-2H3/t4-/m1/s1. The number of fused-ring (bicyclic) bond motifs is 1. The highest BCUT2D eigenvalue weighted by Crippen LogP contribution is 2.33. The molecule has 2 heterocycles. The van der Waals surface area contributed by atoms with Gasteiger partial charge in [0.25, 0.3) is 5.91 Å². The van der Waals surface area contributed by atoms with Crippen molar-refractivity contribution in [3.63, 3.8) is 0 Å². The summed E-state index contributed by atoms with van der Waals surface area (Å²) in [4.78, 5) is 16.7. The van der Waals surface area contributed by atoms with Gasteiger partial charge in [0.05, 0.1) is 0 Å². The Morgan fingerprint density at radius 3 is 3.00 bits per heavy atom. The smallest absolute Gasteiger partial charge is 0.267 e. The first-order valence-corrected chi connectivity index (χ1v) is 5.10. The number of hydrogen-bond donors (Lipinski definition) is 0. The predicted molar refractivity (Wildman–Crippen MR) is 55.4 cm³/mol. The van der Waals surface area contributed by atoms with E-state index >= 15 is 0 Å². The van der Waals surface area contributed by atoms with Crippen LogP contribution in [0.5, 0.6) is 5.88 Å². The number of pyridine rings is 1. The van der Waals surface area contributed by atoms with E-state index in [-0.39, 0.29) is 16.4 Å². The monoisotopic (exact) mass is 274 g/mol. The third-order valence-electron chi connectivity index (χ3n) is 2.21. The number of ether oxygens (including phenoxy) is 1. The molecule has 2 rings (SSSR count). The number of aromatic nitrogens is 1. The summed E-state index contributed by atoms with van der Waals surface area (Å²) in [5, 5.41) is 0. The van der Waals surface area contributed by atoms with Gasteiger partial charge in [-0.1, -0.05) is 0 Å². The summed E-state index contributed by atoms with van der Waals surface area (Å²) in [5.41, 5.74) is 0.346. The quantitative estimate of drug-likeness (QED) is 0.677. The average Bonchev–Trinajstić information content (AvgIpc) is 2.19. The SMILES string of the molecule is C[C@H]1Oc2nc(Br)c(F)cc2N(C)C1=O. The molecule has 0 spiro atoms. The van der Waals surface area contributed by atoms with Gasteiger partial charge in [0, 0.05) is 13.1 Å². The number of hydrogen-bond acceptors (Lipinski definition) is 3. The maximum Gasteiger partial charge on any atom is 0.267 e. The van der Waals surface area contributed by atoms with Gasteiger partial charge in [-0.25, -0.2) is 9.37 Å². The normalized spacial score (nSPS) is 19.9. The van der Waals surface area contributed by atoms with Crippen molar-refractivity contribution in [2.75, 3.05) is 11.9 Å². The Labute approximate surface area is 94.2 Å². The van der Waals surface area contributed by atoms with Crippen molar-refractivity contribution in [3.05, 3.63) is 16.5 Å². The second-order valence-corrected chi connectivity index (χ2v) is 3.99. The Kier molecular flexibility index (Phi) is 2.38. The minimum absolute atomic E-state index is 0.0798. The lowest BCUT2D eigenvalue weighted by molar-refractivity contribution is -0.125. The van der Waals surface area contributed by atoms with E-state index in [9.17, 15) is 9.18 Å². The zero-order chi connectivity index (χ0) is 11.2. The summed E-state index contributed by atoms with van der Waals surface area (Å²) in [5.74, 6) is -0.476. The molecule has 0 unspecified atom stereocenters. The van der Waals surface area contributed by atoms with E-state index in [0.29, 0.717) is 5.69 Å². The molecular weight excluding hydrogens is 267 g/mol. The van der Waals surface area contributed by atoms with Crippen LogP contribution in [-0.4, -0.2) is 24.0 Å². The number of carbonyl (C=O) groups excluding carboxylic acids is 1. The van der Waals surface area contributed by atoms with Gasteiger partial charge >= 0.3 is 0 Å². The van der Waals surface area contributed by atoms with Crippen molar-refractivity contribution in [2.24, 2.45) is 0 Å². The van der Waals surface area contributed by atoms with Gasteiger partial charge in [0.2, 0.25) is 5.88 Å². The summed E-state index contributed by atoms with van der Waals surface area (Å²) in [6.07, 6.45) is -0.590. The second-order valence-electron chi connectivity index (χ2n) is 3.24. The van der Waals surface area contributed by atoms with Crippen LogP contribution in [0.4, 0.5) is 10.1 Å².